The molecule has 110 valence electrons. The van der Waals surface area contributed by atoms with Crippen LogP contribution in [-0.4, -0.2) is 35.1 Å². The fraction of sp³-hybridized carbons (Fsp3) is 0.571. The average Bonchev–Trinajstić information content (AvgIpc) is 3.02. The standard InChI is InChI=1S/C14H20N2O3S/c1-3-10-4-5-11(20-10)6-15-14(19)16-7-9(2)12(8-16)13(17)18/h4-5,9,12H,3,6-8H2,1-2H3,(H,15,19)(H,17,18)/t9-,12-/m1/s1. The topological polar surface area (TPSA) is 69.6 Å². The van der Waals surface area contributed by atoms with Gasteiger partial charge in [-0.3, -0.25) is 4.79 Å². The summed E-state index contributed by atoms with van der Waals surface area (Å²) >= 11 is 1.70. The van der Waals surface area contributed by atoms with E-state index in [4.69, 9.17) is 5.11 Å². The van der Waals surface area contributed by atoms with E-state index in [0.29, 0.717) is 19.6 Å². The summed E-state index contributed by atoms with van der Waals surface area (Å²) in [5.74, 6) is -1.26. The molecular weight excluding hydrogens is 276 g/mol. The van der Waals surface area contributed by atoms with Crippen molar-refractivity contribution in [1.29, 1.82) is 0 Å². The summed E-state index contributed by atoms with van der Waals surface area (Å²) in [6.07, 6.45) is 1.00. The number of carbonyl (C=O) groups excluding carboxylic acids is 1. The van der Waals surface area contributed by atoms with Crippen molar-refractivity contribution in [3.05, 3.63) is 21.9 Å². The Kier molecular flexibility index (Phi) is 4.65. The maximum Gasteiger partial charge on any atom is 0.317 e. The van der Waals surface area contributed by atoms with E-state index in [0.717, 1.165) is 11.3 Å². The first kappa shape index (κ1) is 14.8. The number of urea groups is 1. The number of amides is 2. The van der Waals surface area contributed by atoms with Crippen LogP contribution in [0.5, 0.6) is 0 Å². The highest BCUT2D eigenvalue weighted by atomic mass is 32.1. The molecule has 2 atom stereocenters. The molecule has 20 heavy (non-hydrogen) atoms. The Hall–Kier alpha value is -1.56. The van der Waals surface area contributed by atoms with Gasteiger partial charge in [-0.2, -0.15) is 0 Å². The Balaban J connectivity index is 1.85. The van der Waals surface area contributed by atoms with Gasteiger partial charge >= 0.3 is 12.0 Å². The molecule has 5 nitrogen and oxygen atoms in total. The number of hydrogen-bond acceptors (Lipinski definition) is 3. The largest absolute Gasteiger partial charge is 0.481 e. The van der Waals surface area contributed by atoms with Gasteiger partial charge in [0.25, 0.3) is 0 Å². The second-order valence-corrected chi connectivity index (χ2v) is 6.46. The molecule has 1 aromatic heterocycles. The summed E-state index contributed by atoms with van der Waals surface area (Å²) in [5.41, 5.74) is 0. The monoisotopic (exact) mass is 296 g/mol. The maximum absolute atomic E-state index is 12.0. The van der Waals surface area contributed by atoms with Crippen LogP contribution in [0.15, 0.2) is 12.1 Å². The van der Waals surface area contributed by atoms with Gasteiger partial charge in [0.15, 0.2) is 0 Å². The van der Waals surface area contributed by atoms with Crippen molar-refractivity contribution >= 4 is 23.3 Å². The number of aliphatic carboxylic acids is 1. The van der Waals surface area contributed by atoms with Gasteiger partial charge in [-0.05, 0) is 24.5 Å². The summed E-state index contributed by atoms with van der Waals surface area (Å²) in [6.45, 7) is 5.29. The van der Waals surface area contributed by atoms with Gasteiger partial charge in [0.2, 0.25) is 0 Å². The maximum atomic E-state index is 12.0. The van der Waals surface area contributed by atoms with E-state index in [-0.39, 0.29) is 11.9 Å². The van der Waals surface area contributed by atoms with Crippen molar-refractivity contribution in [2.24, 2.45) is 11.8 Å². The lowest BCUT2D eigenvalue weighted by atomic mass is 9.99. The molecule has 2 heterocycles. The van der Waals surface area contributed by atoms with Crippen molar-refractivity contribution in [3.63, 3.8) is 0 Å². The van der Waals surface area contributed by atoms with Crippen LogP contribution >= 0.6 is 11.3 Å². The van der Waals surface area contributed by atoms with Crippen molar-refractivity contribution < 1.29 is 14.7 Å². The molecule has 1 aliphatic rings. The highest BCUT2D eigenvalue weighted by molar-refractivity contribution is 7.11. The van der Waals surface area contributed by atoms with Crippen molar-refractivity contribution in [2.45, 2.75) is 26.8 Å². The normalized spacial score (nSPS) is 22.0. The minimum atomic E-state index is -0.821. The quantitative estimate of drug-likeness (QED) is 0.894. The van der Waals surface area contributed by atoms with E-state index in [9.17, 15) is 9.59 Å². The number of aryl methyl sites for hydroxylation is 1. The Morgan fingerprint density at radius 1 is 1.40 bits per heavy atom. The van der Waals surface area contributed by atoms with Crippen molar-refractivity contribution in [3.8, 4) is 0 Å². The van der Waals surface area contributed by atoms with Crippen LogP contribution in [0.25, 0.3) is 0 Å². The molecule has 0 saturated carbocycles. The lowest BCUT2D eigenvalue weighted by molar-refractivity contribution is -0.142. The van der Waals surface area contributed by atoms with Gasteiger partial charge in [-0.15, -0.1) is 11.3 Å². The van der Waals surface area contributed by atoms with E-state index in [1.807, 2.05) is 13.0 Å². The second kappa shape index (κ2) is 6.26. The zero-order chi connectivity index (χ0) is 14.7. The van der Waals surface area contributed by atoms with E-state index in [1.165, 1.54) is 4.88 Å². The number of carboxylic acid groups (broad SMARTS) is 1. The van der Waals surface area contributed by atoms with Crippen molar-refractivity contribution in [1.82, 2.24) is 10.2 Å². The highest BCUT2D eigenvalue weighted by Crippen LogP contribution is 2.23. The number of nitrogens with one attached hydrogen (secondary N) is 1. The third kappa shape index (κ3) is 3.30. The first-order valence-corrected chi connectivity index (χ1v) is 7.66. The van der Waals surface area contributed by atoms with E-state index in [2.05, 4.69) is 18.3 Å². The third-order valence-corrected chi connectivity index (χ3v) is 4.93. The molecule has 0 aliphatic carbocycles. The number of hydrogen-bond donors (Lipinski definition) is 2. The Morgan fingerprint density at radius 3 is 2.65 bits per heavy atom. The molecule has 1 aliphatic heterocycles. The molecule has 0 spiro atoms. The lowest BCUT2D eigenvalue weighted by Gasteiger charge is -2.16. The lowest BCUT2D eigenvalue weighted by Crippen LogP contribution is -2.38. The fourth-order valence-corrected chi connectivity index (χ4v) is 3.33. The summed E-state index contributed by atoms with van der Waals surface area (Å²) in [5, 5.41) is 11.9. The zero-order valence-corrected chi connectivity index (χ0v) is 12.6. The van der Waals surface area contributed by atoms with Gasteiger partial charge in [0.1, 0.15) is 0 Å². The third-order valence-electron chi connectivity index (χ3n) is 3.70. The Labute approximate surface area is 122 Å². The molecule has 1 fully saturated rings. The molecular formula is C14H20N2O3S. The van der Waals surface area contributed by atoms with Crippen molar-refractivity contribution in [2.75, 3.05) is 13.1 Å². The summed E-state index contributed by atoms with van der Waals surface area (Å²) in [6, 6.07) is 3.92. The molecule has 2 N–H and O–H groups in total. The first-order chi connectivity index (χ1) is 9.51. The zero-order valence-electron chi connectivity index (χ0n) is 11.8. The second-order valence-electron chi connectivity index (χ2n) is 5.21. The Morgan fingerprint density at radius 2 is 2.10 bits per heavy atom. The number of likely N-dealkylation sites (tertiary alicyclic amines) is 1. The van der Waals surface area contributed by atoms with Crippen LogP contribution in [0.4, 0.5) is 4.79 Å². The van der Waals surface area contributed by atoms with Crippen LogP contribution < -0.4 is 5.32 Å². The van der Waals surface area contributed by atoms with Gasteiger partial charge in [0, 0.05) is 22.8 Å². The van der Waals surface area contributed by atoms with Crippen LogP contribution in [-0.2, 0) is 17.8 Å². The fourth-order valence-electron chi connectivity index (χ4n) is 2.44. The molecule has 2 rings (SSSR count). The summed E-state index contributed by atoms with van der Waals surface area (Å²) < 4.78 is 0. The Bertz CT molecular complexity index is 500. The molecule has 0 unspecified atom stereocenters. The first-order valence-electron chi connectivity index (χ1n) is 6.84. The van der Waals surface area contributed by atoms with Gasteiger partial charge in [-0.1, -0.05) is 13.8 Å². The van der Waals surface area contributed by atoms with E-state index < -0.39 is 11.9 Å². The summed E-state index contributed by atoms with van der Waals surface area (Å²) in [4.78, 5) is 27.1. The smallest absolute Gasteiger partial charge is 0.317 e. The number of thiophene rings is 1. The predicted octanol–water partition coefficient (Wildman–Crippen LogP) is 2.17. The minimum absolute atomic E-state index is 0.00619. The van der Waals surface area contributed by atoms with Crippen LogP contribution in [0, 0.1) is 11.8 Å². The number of nitrogens with zero attached hydrogens (tertiary/aromatic N) is 1. The van der Waals surface area contributed by atoms with Gasteiger partial charge < -0.3 is 15.3 Å². The molecule has 0 bridgehead atoms. The number of rotatable bonds is 4. The van der Waals surface area contributed by atoms with Crippen LogP contribution in [0.1, 0.15) is 23.6 Å². The van der Waals surface area contributed by atoms with Gasteiger partial charge in [0.05, 0.1) is 12.5 Å². The molecule has 1 saturated heterocycles. The highest BCUT2D eigenvalue weighted by Gasteiger charge is 2.36. The van der Waals surface area contributed by atoms with Crippen LogP contribution in [0.2, 0.25) is 0 Å². The van der Waals surface area contributed by atoms with Gasteiger partial charge in [-0.25, -0.2) is 4.79 Å². The van der Waals surface area contributed by atoms with E-state index >= 15 is 0 Å². The molecule has 0 aromatic carbocycles. The molecule has 1 aromatic rings. The SMILES string of the molecule is CCc1ccc(CNC(=O)N2C[C@@H](C)[C@H](C(=O)O)C2)s1. The molecule has 2 amide bonds. The minimum Gasteiger partial charge on any atom is -0.481 e. The molecule has 6 heteroatoms. The molecule has 0 radical (unpaired) electrons. The number of carboxylic acids is 1. The number of carbonyl (C=O) groups is 2. The van der Waals surface area contributed by atoms with Crippen LogP contribution in [0.3, 0.4) is 0 Å². The van der Waals surface area contributed by atoms with E-state index in [1.54, 1.807) is 16.2 Å². The predicted molar refractivity (Wildman–Crippen MR) is 77.8 cm³/mol. The average molecular weight is 296 g/mol. The summed E-state index contributed by atoms with van der Waals surface area (Å²) in [7, 11) is 0.